The van der Waals surface area contributed by atoms with E-state index < -0.39 is 16.1 Å². The molecule has 6 heteroatoms. The molecule has 0 aliphatic carbocycles. The van der Waals surface area contributed by atoms with E-state index in [4.69, 9.17) is 9.66 Å². The summed E-state index contributed by atoms with van der Waals surface area (Å²) in [5.74, 6) is -0.981. The highest BCUT2D eigenvalue weighted by molar-refractivity contribution is 7.85. The third-order valence-electron chi connectivity index (χ3n) is 1.59. The van der Waals surface area contributed by atoms with Crippen molar-refractivity contribution in [2.75, 3.05) is 0 Å². The quantitative estimate of drug-likeness (QED) is 0.636. The van der Waals surface area contributed by atoms with Crippen molar-refractivity contribution in [2.24, 2.45) is 0 Å². The zero-order valence-corrected chi connectivity index (χ0v) is 9.72. The third kappa shape index (κ3) is 6.29. The van der Waals surface area contributed by atoms with Crippen molar-refractivity contribution >= 4 is 22.2 Å². The van der Waals surface area contributed by atoms with Gasteiger partial charge in [-0.05, 0) is 17.7 Å². The number of benzene rings is 1. The molecule has 0 unspecified atom stereocenters. The predicted molar refractivity (Wildman–Crippen MR) is 64.2 cm³/mol. The fourth-order valence-corrected chi connectivity index (χ4v) is 1.26. The summed E-state index contributed by atoms with van der Waals surface area (Å²) in [6, 6.07) is 5.78. The van der Waals surface area contributed by atoms with E-state index in [0.29, 0.717) is 0 Å². The maximum absolute atomic E-state index is 10.6. The molecule has 1 aromatic carbocycles. The van der Waals surface area contributed by atoms with Gasteiger partial charge >= 0.3 is 5.97 Å². The molecule has 0 heterocycles. The molecule has 2 N–H and O–H groups in total. The first-order valence-electron chi connectivity index (χ1n) is 4.36. The molecule has 0 aliphatic heterocycles. The summed E-state index contributed by atoms with van der Waals surface area (Å²) in [7, 11) is -4.06. The van der Waals surface area contributed by atoms with Crippen molar-refractivity contribution in [3.63, 3.8) is 0 Å². The Kier molecular flexibility index (Phi) is 5.87. The van der Waals surface area contributed by atoms with Gasteiger partial charge in [0.05, 0.1) is 4.90 Å². The predicted octanol–water partition coefficient (Wildman–Crippen LogP) is 1.83. The molecule has 1 rings (SSSR count). The molecule has 0 saturated carbocycles. The minimum Gasteiger partial charge on any atom is -0.478 e. The van der Waals surface area contributed by atoms with Crippen LogP contribution in [0.5, 0.6) is 0 Å². The van der Waals surface area contributed by atoms with E-state index in [0.717, 1.165) is 11.6 Å². The van der Waals surface area contributed by atoms with Crippen LogP contribution in [0.3, 0.4) is 0 Å². The molecule has 1 aromatic rings. The lowest BCUT2D eigenvalue weighted by Crippen LogP contribution is -1.96. The molecular formula is C11H12O5S. The Morgan fingerprint density at radius 1 is 1.18 bits per heavy atom. The number of aliphatic carboxylic acids is 1. The van der Waals surface area contributed by atoms with Crippen LogP contribution in [-0.2, 0) is 14.9 Å². The van der Waals surface area contributed by atoms with Gasteiger partial charge in [-0.25, -0.2) is 4.79 Å². The molecular weight excluding hydrogens is 244 g/mol. The second-order valence-corrected chi connectivity index (χ2v) is 4.21. The van der Waals surface area contributed by atoms with E-state index in [-0.39, 0.29) is 4.90 Å². The van der Waals surface area contributed by atoms with E-state index in [9.17, 15) is 13.2 Å². The summed E-state index contributed by atoms with van der Waals surface area (Å²) >= 11 is 0. The highest BCUT2D eigenvalue weighted by Crippen LogP contribution is 2.10. The molecule has 5 nitrogen and oxygen atoms in total. The normalized spacial score (nSPS) is 9.71. The van der Waals surface area contributed by atoms with E-state index in [1.807, 2.05) is 0 Å². The van der Waals surface area contributed by atoms with Gasteiger partial charge in [0.1, 0.15) is 0 Å². The van der Waals surface area contributed by atoms with Crippen LogP contribution in [0.25, 0.3) is 6.08 Å². The van der Waals surface area contributed by atoms with Gasteiger partial charge < -0.3 is 5.11 Å². The second kappa shape index (κ2) is 6.62. The maximum Gasteiger partial charge on any atom is 0.327 e. The number of carboxylic acids is 1. The Balaban J connectivity index is 0.000000437. The van der Waals surface area contributed by atoms with Gasteiger partial charge in [0, 0.05) is 6.08 Å². The van der Waals surface area contributed by atoms with Crippen LogP contribution >= 0.6 is 0 Å². The summed E-state index contributed by atoms with van der Waals surface area (Å²) in [6.45, 7) is 6.47. The smallest absolute Gasteiger partial charge is 0.327 e. The Hall–Kier alpha value is -1.92. The maximum atomic E-state index is 10.6. The lowest BCUT2D eigenvalue weighted by atomic mass is 10.2. The number of carboxylic acid groups (broad SMARTS) is 1. The average Bonchev–Trinajstić information content (AvgIpc) is 2.29. The molecule has 0 aliphatic rings. The van der Waals surface area contributed by atoms with Gasteiger partial charge in [-0.2, -0.15) is 8.42 Å². The zero-order valence-electron chi connectivity index (χ0n) is 8.91. The Bertz CT molecular complexity index is 499. The van der Waals surface area contributed by atoms with Gasteiger partial charge in [0.25, 0.3) is 10.1 Å². The summed E-state index contributed by atoms with van der Waals surface area (Å²) in [5, 5.41) is 7.60. The number of hydrogen-bond acceptors (Lipinski definition) is 3. The van der Waals surface area contributed by atoms with Crippen molar-refractivity contribution < 1.29 is 22.9 Å². The standard InChI is InChI=1S/C8H8O3S.C3H4O2/c1-2-7-3-5-8(6-4-7)12(9,10)11;1-2-3(4)5/h2-6H,1H2,(H,9,10,11);2H,1H2,(H,4,5). The molecule has 0 aromatic heterocycles. The van der Waals surface area contributed by atoms with E-state index in [1.165, 1.54) is 12.1 Å². The fourth-order valence-electron chi connectivity index (χ4n) is 0.776. The van der Waals surface area contributed by atoms with Gasteiger partial charge in [0.15, 0.2) is 0 Å². The first-order valence-corrected chi connectivity index (χ1v) is 5.80. The molecule has 0 atom stereocenters. The molecule has 0 spiro atoms. The van der Waals surface area contributed by atoms with E-state index in [2.05, 4.69) is 13.2 Å². The topological polar surface area (TPSA) is 91.7 Å². The molecule has 92 valence electrons. The zero-order chi connectivity index (χ0) is 13.5. The molecule has 0 radical (unpaired) electrons. The lowest BCUT2D eigenvalue weighted by molar-refractivity contribution is -0.131. The average molecular weight is 256 g/mol. The molecule has 0 bridgehead atoms. The molecule has 0 amide bonds. The highest BCUT2D eigenvalue weighted by atomic mass is 32.2. The van der Waals surface area contributed by atoms with Gasteiger partial charge in [-0.3, -0.25) is 4.55 Å². The minimum atomic E-state index is -4.06. The van der Waals surface area contributed by atoms with Crippen LogP contribution in [0.15, 0.2) is 48.4 Å². The van der Waals surface area contributed by atoms with E-state index in [1.54, 1.807) is 18.2 Å². The van der Waals surface area contributed by atoms with Crippen molar-refractivity contribution in [1.29, 1.82) is 0 Å². The van der Waals surface area contributed by atoms with Crippen LogP contribution in [0.1, 0.15) is 5.56 Å². The largest absolute Gasteiger partial charge is 0.478 e. The monoisotopic (exact) mass is 256 g/mol. The van der Waals surface area contributed by atoms with Crippen molar-refractivity contribution in [3.05, 3.63) is 49.1 Å². The van der Waals surface area contributed by atoms with Gasteiger partial charge in [-0.15, -0.1) is 0 Å². The van der Waals surface area contributed by atoms with Crippen LogP contribution in [0.2, 0.25) is 0 Å². The van der Waals surface area contributed by atoms with Crippen molar-refractivity contribution in [2.45, 2.75) is 4.90 Å². The summed E-state index contributed by atoms with van der Waals surface area (Å²) < 4.78 is 29.7. The number of rotatable bonds is 3. The SMILES string of the molecule is C=CC(=O)O.C=Cc1ccc(S(=O)(=O)O)cc1. The third-order valence-corrected chi connectivity index (χ3v) is 2.46. The molecule has 0 saturated heterocycles. The summed E-state index contributed by atoms with van der Waals surface area (Å²) in [5.41, 5.74) is 0.808. The number of hydrogen-bond donors (Lipinski definition) is 2. The lowest BCUT2D eigenvalue weighted by Gasteiger charge is -1.96. The summed E-state index contributed by atoms with van der Waals surface area (Å²) in [4.78, 5) is 9.15. The van der Waals surface area contributed by atoms with Crippen LogP contribution in [-0.4, -0.2) is 24.0 Å². The molecule has 0 fully saturated rings. The first-order chi connectivity index (χ1) is 7.81. The molecule has 17 heavy (non-hydrogen) atoms. The minimum absolute atomic E-state index is 0.104. The Labute approximate surface area is 99.5 Å². The van der Waals surface area contributed by atoms with Crippen LogP contribution in [0, 0.1) is 0 Å². The highest BCUT2D eigenvalue weighted by Gasteiger charge is 2.07. The second-order valence-electron chi connectivity index (χ2n) is 2.79. The van der Waals surface area contributed by atoms with Crippen LogP contribution in [0.4, 0.5) is 0 Å². The Morgan fingerprint density at radius 3 is 1.82 bits per heavy atom. The van der Waals surface area contributed by atoms with Crippen molar-refractivity contribution in [1.82, 2.24) is 0 Å². The fraction of sp³-hybridized carbons (Fsp3) is 0. The Morgan fingerprint density at radius 2 is 1.59 bits per heavy atom. The van der Waals surface area contributed by atoms with Gasteiger partial charge in [0.2, 0.25) is 0 Å². The van der Waals surface area contributed by atoms with E-state index >= 15 is 0 Å². The van der Waals surface area contributed by atoms with Crippen molar-refractivity contribution in [3.8, 4) is 0 Å². The number of carbonyl (C=O) groups is 1. The van der Waals surface area contributed by atoms with Gasteiger partial charge in [-0.1, -0.05) is 31.4 Å². The van der Waals surface area contributed by atoms with Crippen LogP contribution < -0.4 is 0 Å². The first kappa shape index (κ1) is 15.1. The summed E-state index contributed by atoms with van der Waals surface area (Å²) in [6.07, 6.45) is 2.42.